The number of benzene rings is 1. The highest BCUT2D eigenvalue weighted by molar-refractivity contribution is 6.33. The summed E-state index contributed by atoms with van der Waals surface area (Å²) in [6.07, 6.45) is 0.0136. The largest absolute Gasteiger partial charge is 0.481 e. The lowest BCUT2D eigenvalue weighted by molar-refractivity contribution is -0.136. The Morgan fingerprint density at radius 1 is 1.23 bits per heavy atom. The predicted octanol–water partition coefficient (Wildman–Crippen LogP) is 4.06. The van der Waals surface area contributed by atoms with E-state index in [1.807, 2.05) is 44.2 Å². The molecule has 3 rings (SSSR count). The van der Waals surface area contributed by atoms with E-state index in [4.69, 9.17) is 16.7 Å². The minimum Gasteiger partial charge on any atom is -0.481 e. The summed E-state index contributed by atoms with van der Waals surface area (Å²) in [4.78, 5) is 28.8. The number of hydrogen-bond donors (Lipinski definition) is 1. The van der Waals surface area contributed by atoms with Gasteiger partial charge in [-0.2, -0.15) is 0 Å². The number of aliphatic carboxylic acids is 1. The second kappa shape index (κ2) is 7.30. The van der Waals surface area contributed by atoms with Gasteiger partial charge in [0, 0.05) is 45.8 Å². The minimum absolute atomic E-state index is 0.124. The van der Waals surface area contributed by atoms with Crippen LogP contribution in [-0.2, 0) is 17.8 Å². The summed E-state index contributed by atoms with van der Waals surface area (Å²) in [6.45, 7) is 4.20. The number of halogens is 1. The number of nitrogens with zero attached hydrogens (tertiary/aromatic N) is 2. The van der Waals surface area contributed by atoms with E-state index >= 15 is 0 Å². The van der Waals surface area contributed by atoms with E-state index in [0.717, 1.165) is 11.1 Å². The summed E-state index contributed by atoms with van der Waals surface area (Å²) in [5, 5.41) is 10.4. The predicted molar refractivity (Wildman–Crippen MR) is 103 cm³/mol. The van der Waals surface area contributed by atoms with Crippen LogP contribution in [0.3, 0.4) is 0 Å². The van der Waals surface area contributed by atoms with Crippen LogP contribution < -0.4 is 5.56 Å². The third-order valence-electron chi connectivity index (χ3n) is 4.39. The monoisotopic (exact) mass is 370 g/mol. The summed E-state index contributed by atoms with van der Waals surface area (Å²) < 4.78 is 1.60. The molecule has 1 N–H and O–H groups in total. The summed E-state index contributed by atoms with van der Waals surface area (Å²) in [5.41, 5.74) is 3.03. The van der Waals surface area contributed by atoms with Crippen molar-refractivity contribution in [2.45, 2.75) is 33.2 Å². The molecule has 26 heavy (non-hydrogen) atoms. The summed E-state index contributed by atoms with van der Waals surface area (Å²) >= 11 is 6.41. The fourth-order valence-corrected chi connectivity index (χ4v) is 3.43. The van der Waals surface area contributed by atoms with Gasteiger partial charge in [0.15, 0.2) is 0 Å². The average molecular weight is 371 g/mol. The van der Waals surface area contributed by atoms with E-state index in [9.17, 15) is 9.59 Å². The number of aromatic nitrogens is 2. The number of carbonyl (C=O) groups is 1. The van der Waals surface area contributed by atoms with Crippen LogP contribution >= 0.6 is 11.6 Å². The van der Waals surface area contributed by atoms with Crippen molar-refractivity contribution >= 4 is 28.6 Å². The number of rotatable bonds is 5. The Hall–Kier alpha value is -2.66. The Morgan fingerprint density at radius 3 is 2.62 bits per heavy atom. The van der Waals surface area contributed by atoms with Crippen molar-refractivity contribution in [1.29, 1.82) is 0 Å². The first-order valence-corrected chi connectivity index (χ1v) is 8.81. The number of pyridine rings is 2. The standard InChI is InChI=1S/C20H19ClN2O3/c1-3-23-19-14(9-8-12(2)22-19)18(13-6-4-5-7-16(13)21)15(20(23)26)10-11-17(24)25/h4-9H,3,10-11H2,1-2H3,(H,24,25). The number of carboxylic acids is 1. The average Bonchev–Trinajstić information content (AvgIpc) is 2.60. The quantitative estimate of drug-likeness (QED) is 0.735. The van der Waals surface area contributed by atoms with Crippen LogP contribution in [0.25, 0.3) is 22.2 Å². The Kier molecular flexibility index (Phi) is 5.09. The number of hydrogen-bond acceptors (Lipinski definition) is 3. The van der Waals surface area contributed by atoms with E-state index in [0.29, 0.717) is 33.9 Å². The van der Waals surface area contributed by atoms with Crippen molar-refractivity contribution < 1.29 is 9.90 Å². The maximum Gasteiger partial charge on any atom is 0.303 e. The Labute approximate surface area is 155 Å². The van der Waals surface area contributed by atoms with Gasteiger partial charge >= 0.3 is 5.97 Å². The molecule has 5 nitrogen and oxygen atoms in total. The molecule has 0 spiro atoms. The maximum atomic E-state index is 13.1. The highest BCUT2D eigenvalue weighted by atomic mass is 35.5. The summed E-state index contributed by atoms with van der Waals surface area (Å²) in [7, 11) is 0. The van der Waals surface area contributed by atoms with E-state index in [-0.39, 0.29) is 18.4 Å². The highest BCUT2D eigenvalue weighted by Crippen LogP contribution is 2.35. The smallest absolute Gasteiger partial charge is 0.303 e. The van der Waals surface area contributed by atoms with E-state index in [1.165, 1.54) is 0 Å². The van der Waals surface area contributed by atoms with E-state index < -0.39 is 5.97 Å². The topological polar surface area (TPSA) is 72.2 Å². The molecule has 0 radical (unpaired) electrons. The van der Waals surface area contributed by atoms with Crippen LogP contribution in [0.5, 0.6) is 0 Å². The van der Waals surface area contributed by atoms with Gasteiger partial charge in [-0.1, -0.05) is 29.8 Å². The van der Waals surface area contributed by atoms with Crippen molar-refractivity contribution in [3.05, 3.63) is 63.0 Å². The summed E-state index contributed by atoms with van der Waals surface area (Å²) in [6, 6.07) is 11.1. The van der Waals surface area contributed by atoms with Gasteiger partial charge in [0.05, 0.1) is 0 Å². The van der Waals surface area contributed by atoms with Crippen LogP contribution in [0.1, 0.15) is 24.6 Å². The van der Waals surface area contributed by atoms with E-state index in [1.54, 1.807) is 10.6 Å². The minimum atomic E-state index is -0.945. The lowest BCUT2D eigenvalue weighted by Crippen LogP contribution is -2.26. The SMILES string of the molecule is CCn1c(=O)c(CCC(=O)O)c(-c2ccccc2Cl)c2ccc(C)nc21. The fraction of sp³-hybridized carbons (Fsp3) is 0.250. The number of carboxylic acid groups (broad SMARTS) is 1. The third-order valence-corrected chi connectivity index (χ3v) is 4.72. The van der Waals surface area contributed by atoms with Gasteiger partial charge in [0.25, 0.3) is 5.56 Å². The molecule has 6 heteroatoms. The highest BCUT2D eigenvalue weighted by Gasteiger charge is 2.20. The van der Waals surface area contributed by atoms with Gasteiger partial charge in [-0.05, 0) is 38.5 Å². The van der Waals surface area contributed by atoms with Crippen molar-refractivity contribution in [1.82, 2.24) is 9.55 Å². The van der Waals surface area contributed by atoms with E-state index in [2.05, 4.69) is 4.98 Å². The zero-order valence-corrected chi connectivity index (χ0v) is 15.4. The van der Waals surface area contributed by atoms with Crippen molar-refractivity contribution in [2.75, 3.05) is 0 Å². The Bertz CT molecular complexity index is 1060. The van der Waals surface area contributed by atoms with Crippen molar-refractivity contribution in [2.24, 2.45) is 0 Å². The molecular weight excluding hydrogens is 352 g/mol. The lowest BCUT2D eigenvalue weighted by Gasteiger charge is -2.17. The van der Waals surface area contributed by atoms with Gasteiger partial charge in [-0.15, -0.1) is 0 Å². The number of aryl methyl sites for hydroxylation is 2. The molecule has 1 aromatic carbocycles. The zero-order chi connectivity index (χ0) is 18.8. The van der Waals surface area contributed by atoms with Crippen LogP contribution in [0.15, 0.2) is 41.2 Å². The van der Waals surface area contributed by atoms with Crippen LogP contribution in [0.2, 0.25) is 5.02 Å². The molecule has 0 aliphatic rings. The molecular formula is C20H19ClN2O3. The third kappa shape index (κ3) is 3.22. The molecule has 0 unspecified atom stereocenters. The normalized spacial score (nSPS) is 11.0. The first kappa shape index (κ1) is 18.1. The molecule has 134 valence electrons. The molecule has 0 fully saturated rings. The Balaban J connectivity index is 2.46. The first-order chi connectivity index (χ1) is 12.4. The molecule has 0 saturated heterocycles. The van der Waals surface area contributed by atoms with Crippen LogP contribution in [-0.4, -0.2) is 20.6 Å². The van der Waals surface area contributed by atoms with Crippen molar-refractivity contribution in [3.63, 3.8) is 0 Å². The lowest BCUT2D eigenvalue weighted by atomic mass is 9.94. The molecule has 3 aromatic rings. The first-order valence-electron chi connectivity index (χ1n) is 8.43. The molecule has 2 aromatic heterocycles. The van der Waals surface area contributed by atoms with Gasteiger partial charge in [0.1, 0.15) is 5.65 Å². The maximum absolute atomic E-state index is 13.1. The molecule has 0 aliphatic heterocycles. The number of fused-ring (bicyclic) bond motifs is 1. The van der Waals surface area contributed by atoms with Crippen LogP contribution in [0.4, 0.5) is 0 Å². The van der Waals surface area contributed by atoms with Gasteiger partial charge in [-0.25, -0.2) is 4.98 Å². The second-order valence-corrected chi connectivity index (χ2v) is 6.51. The van der Waals surface area contributed by atoms with Gasteiger partial charge < -0.3 is 5.11 Å². The molecule has 0 bridgehead atoms. The van der Waals surface area contributed by atoms with Gasteiger partial charge in [-0.3, -0.25) is 14.2 Å². The van der Waals surface area contributed by atoms with Gasteiger partial charge in [0.2, 0.25) is 0 Å². The fourth-order valence-electron chi connectivity index (χ4n) is 3.20. The molecule has 0 amide bonds. The second-order valence-electron chi connectivity index (χ2n) is 6.10. The molecule has 0 atom stereocenters. The Morgan fingerprint density at radius 2 is 1.96 bits per heavy atom. The van der Waals surface area contributed by atoms with Crippen LogP contribution in [0, 0.1) is 6.92 Å². The zero-order valence-electron chi connectivity index (χ0n) is 14.6. The molecule has 2 heterocycles. The molecule has 0 aliphatic carbocycles. The van der Waals surface area contributed by atoms with Crippen molar-refractivity contribution in [3.8, 4) is 11.1 Å². The summed E-state index contributed by atoms with van der Waals surface area (Å²) in [5.74, 6) is -0.945. The molecule has 0 saturated carbocycles.